The molecule has 1 fully saturated rings. The molecule has 1 aliphatic rings. The van der Waals surface area contributed by atoms with Gasteiger partial charge in [-0.25, -0.2) is 19.3 Å². The lowest BCUT2D eigenvalue weighted by molar-refractivity contribution is -0.119. The zero-order valence-electron chi connectivity index (χ0n) is 24.1. The molecule has 2 aromatic carbocycles. The Hall–Kier alpha value is -4.27. The van der Waals surface area contributed by atoms with Crippen molar-refractivity contribution in [3.8, 4) is 22.4 Å². The molecule has 1 aliphatic carbocycles. The number of hydrogen-bond acceptors (Lipinski definition) is 5. The number of benzene rings is 2. The van der Waals surface area contributed by atoms with E-state index in [4.69, 9.17) is 4.98 Å². The van der Waals surface area contributed by atoms with Crippen LogP contribution in [0.5, 0.6) is 0 Å². The van der Waals surface area contributed by atoms with Gasteiger partial charge in [0.05, 0.1) is 22.9 Å². The Bertz CT molecular complexity index is 1810. The molecule has 0 aliphatic heterocycles. The van der Waals surface area contributed by atoms with Crippen LogP contribution in [0.15, 0.2) is 89.9 Å². The van der Waals surface area contributed by atoms with Gasteiger partial charge in [0.15, 0.2) is 5.65 Å². The summed E-state index contributed by atoms with van der Waals surface area (Å²) in [4.78, 5) is 30.0. The molecule has 3 heterocycles. The summed E-state index contributed by atoms with van der Waals surface area (Å²) in [5.74, 6) is -0.181. The van der Waals surface area contributed by atoms with Crippen LogP contribution >= 0.6 is 12.4 Å². The third kappa shape index (κ3) is 6.12. The predicted molar refractivity (Wildman–Crippen MR) is 172 cm³/mol. The van der Waals surface area contributed by atoms with E-state index in [1.807, 2.05) is 42.5 Å². The van der Waals surface area contributed by atoms with Gasteiger partial charge in [0.1, 0.15) is 0 Å². The Labute approximate surface area is 256 Å². The van der Waals surface area contributed by atoms with Crippen molar-refractivity contribution >= 4 is 34.9 Å². The van der Waals surface area contributed by atoms with Crippen molar-refractivity contribution in [2.45, 2.75) is 63.5 Å². The first-order chi connectivity index (χ1) is 20.5. The number of aromatic amines is 1. The Morgan fingerprint density at radius 1 is 1.09 bits per heavy atom. The molecule has 1 amide bonds. The molecule has 9 heteroatoms. The van der Waals surface area contributed by atoms with E-state index in [2.05, 4.69) is 46.7 Å². The molecule has 43 heavy (non-hydrogen) atoms. The van der Waals surface area contributed by atoms with Crippen LogP contribution in [0.2, 0.25) is 0 Å². The lowest BCUT2D eigenvalue weighted by Crippen LogP contribution is -2.50. The number of carbonyl (C=O) groups excluding carboxylic acids is 1. The molecular weight excluding hydrogens is 562 g/mol. The number of nitrogens with one attached hydrogen (secondary N) is 2. The molecule has 0 radical (unpaired) electrons. The molecule has 1 unspecified atom stereocenters. The van der Waals surface area contributed by atoms with E-state index in [1.165, 1.54) is 10.5 Å². The van der Waals surface area contributed by atoms with Crippen molar-refractivity contribution in [3.63, 3.8) is 0 Å². The van der Waals surface area contributed by atoms with Crippen molar-refractivity contribution in [1.29, 1.82) is 0 Å². The minimum atomic E-state index is -0.600. The highest BCUT2D eigenvalue weighted by Crippen LogP contribution is 2.42. The van der Waals surface area contributed by atoms with Crippen LogP contribution in [-0.2, 0) is 10.3 Å². The second-order valence-electron chi connectivity index (χ2n) is 11.1. The highest BCUT2D eigenvalue weighted by molar-refractivity contribution is 5.98. The van der Waals surface area contributed by atoms with Gasteiger partial charge in [0, 0.05) is 28.8 Å². The Kier molecular flexibility index (Phi) is 9.08. The minimum Gasteiger partial charge on any atom is -0.389 e. The number of rotatable bonds is 10. The number of nitrogens with zero attached hydrogens (tertiary/aromatic N) is 3. The molecule has 0 bridgehead atoms. The molecule has 8 nitrogen and oxygen atoms in total. The van der Waals surface area contributed by atoms with E-state index < -0.39 is 11.6 Å². The van der Waals surface area contributed by atoms with E-state index in [0.717, 1.165) is 77.4 Å². The number of hydrogen-bond donors (Lipinski definition) is 3. The fourth-order valence-electron chi connectivity index (χ4n) is 5.81. The zero-order valence-corrected chi connectivity index (χ0v) is 24.9. The zero-order chi connectivity index (χ0) is 29.1. The monoisotopic (exact) mass is 597 g/mol. The minimum absolute atomic E-state index is 0. The van der Waals surface area contributed by atoms with Crippen LogP contribution in [0.3, 0.4) is 0 Å². The summed E-state index contributed by atoms with van der Waals surface area (Å²) in [5, 5.41) is 20.9. The SMILES string of the molecule is CCCCCC(O)C=CC(=O)NC1(c2ccc(-c3nc4ccn5c(=O)[nH]nc5c4cc3-c3ccccc3)cc2)CCC1.Cl. The summed E-state index contributed by atoms with van der Waals surface area (Å²) in [7, 11) is 0. The highest BCUT2D eigenvalue weighted by Gasteiger charge is 2.39. The third-order valence-electron chi connectivity index (χ3n) is 8.32. The first-order valence-electron chi connectivity index (χ1n) is 14.7. The normalized spacial score (nSPS) is 14.8. The van der Waals surface area contributed by atoms with Gasteiger partial charge < -0.3 is 10.4 Å². The summed E-state index contributed by atoms with van der Waals surface area (Å²) in [5.41, 5.74) is 5.37. The lowest BCUT2D eigenvalue weighted by atomic mass is 9.71. The first-order valence-corrected chi connectivity index (χ1v) is 14.7. The van der Waals surface area contributed by atoms with E-state index in [9.17, 15) is 14.7 Å². The average molecular weight is 598 g/mol. The molecule has 3 N–H and O–H groups in total. The number of aliphatic hydroxyl groups is 1. The summed E-state index contributed by atoms with van der Waals surface area (Å²) in [6.45, 7) is 2.13. The standard InChI is InChI=1S/C34H35N5O3.ClH/c1-2-3-5-11-26(40)16-17-30(41)36-34(19-8-20-34)25-14-12-24(13-15-25)31-27(23-9-6-4-7-10-23)22-28-29(35-31)18-21-39-32(28)37-38-33(39)42;/h4,6-7,9-10,12-18,21-22,26,40H,2-3,5,8,11,19-20H2,1H3,(H,36,41)(H,38,42);1H. The molecule has 5 aromatic rings. The largest absolute Gasteiger partial charge is 0.389 e. The Balaban J connectivity index is 0.00000368. The summed E-state index contributed by atoms with van der Waals surface area (Å²) < 4.78 is 1.49. The van der Waals surface area contributed by atoms with Crippen molar-refractivity contribution in [2.75, 3.05) is 0 Å². The number of fused-ring (bicyclic) bond motifs is 3. The number of H-pyrrole nitrogens is 1. The maximum absolute atomic E-state index is 12.8. The molecule has 1 saturated carbocycles. The van der Waals surface area contributed by atoms with Gasteiger partial charge in [-0.1, -0.05) is 86.9 Å². The third-order valence-corrected chi connectivity index (χ3v) is 8.32. The fourth-order valence-corrected chi connectivity index (χ4v) is 5.81. The fraction of sp³-hybridized carbons (Fsp3) is 0.294. The maximum Gasteiger partial charge on any atom is 0.347 e. The van der Waals surface area contributed by atoms with E-state index in [1.54, 1.807) is 12.3 Å². The Morgan fingerprint density at radius 2 is 1.86 bits per heavy atom. The van der Waals surface area contributed by atoms with Crippen LogP contribution in [0, 0.1) is 0 Å². The summed E-state index contributed by atoms with van der Waals surface area (Å²) in [6.07, 6.45) is 10.7. The van der Waals surface area contributed by atoms with Crippen LogP contribution in [0.1, 0.15) is 57.4 Å². The number of halogens is 1. The predicted octanol–water partition coefficient (Wildman–Crippen LogP) is 6.32. The van der Waals surface area contributed by atoms with Gasteiger partial charge in [-0.2, -0.15) is 5.10 Å². The van der Waals surface area contributed by atoms with E-state index in [0.29, 0.717) is 12.1 Å². The van der Waals surface area contributed by atoms with Crippen LogP contribution in [0.25, 0.3) is 38.9 Å². The van der Waals surface area contributed by atoms with Gasteiger partial charge in [-0.15, -0.1) is 12.4 Å². The first kappa shape index (κ1) is 30.2. The highest BCUT2D eigenvalue weighted by atomic mass is 35.5. The van der Waals surface area contributed by atoms with E-state index >= 15 is 0 Å². The summed E-state index contributed by atoms with van der Waals surface area (Å²) in [6, 6.07) is 22.2. The number of aromatic nitrogens is 4. The number of amides is 1. The molecule has 0 saturated heterocycles. The number of unbranched alkanes of at least 4 members (excludes halogenated alkanes) is 2. The van der Waals surface area contributed by atoms with Crippen LogP contribution in [0.4, 0.5) is 0 Å². The van der Waals surface area contributed by atoms with Crippen molar-refractivity contribution in [2.24, 2.45) is 0 Å². The molecule has 3 aromatic heterocycles. The lowest BCUT2D eigenvalue weighted by Gasteiger charge is -2.43. The van der Waals surface area contributed by atoms with Crippen molar-refractivity contribution in [3.05, 3.63) is 101 Å². The second-order valence-corrected chi connectivity index (χ2v) is 11.1. The molecule has 6 rings (SSSR count). The second kappa shape index (κ2) is 12.9. The molecule has 0 spiro atoms. The van der Waals surface area contributed by atoms with Crippen LogP contribution in [-0.4, -0.2) is 36.7 Å². The van der Waals surface area contributed by atoms with Crippen LogP contribution < -0.4 is 11.0 Å². The number of aliphatic hydroxyl groups excluding tert-OH is 1. The smallest absolute Gasteiger partial charge is 0.347 e. The molecule has 1 atom stereocenters. The Morgan fingerprint density at radius 3 is 2.56 bits per heavy atom. The molecular formula is C34H36ClN5O3. The quantitative estimate of drug-likeness (QED) is 0.129. The number of pyridine rings is 2. The summed E-state index contributed by atoms with van der Waals surface area (Å²) >= 11 is 0. The van der Waals surface area contributed by atoms with Crippen molar-refractivity contribution < 1.29 is 9.90 Å². The van der Waals surface area contributed by atoms with Gasteiger partial charge in [-0.3, -0.25) is 4.79 Å². The maximum atomic E-state index is 12.8. The van der Waals surface area contributed by atoms with Gasteiger partial charge in [0.25, 0.3) is 0 Å². The topological polar surface area (TPSA) is 112 Å². The molecule has 222 valence electrons. The van der Waals surface area contributed by atoms with E-state index in [-0.39, 0.29) is 24.0 Å². The average Bonchev–Trinajstić information content (AvgIpc) is 3.39. The van der Waals surface area contributed by atoms with Gasteiger partial charge in [-0.05, 0) is 48.9 Å². The van der Waals surface area contributed by atoms with Gasteiger partial charge in [0.2, 0.25) is 5.91 Å². The number of carbonyl (C=O) groups is 1. The van der Waals surface area contributed by atoms with Gasteiger partial charge >= 0.3 is 5.69 Å². The van der Waals surface area contributed by atoms with Crippen molar-refractivity contribution in [1.82, 2.24) is 24.9 Å².